The molecule has 0 amide bonds. The maximum absolute atomic E-state index is 11.6. The van der Waals surface area contributed by atoms with Crippen LogP contribution in [-0.4, -0.2) is 34.1 Å². The van der Waals surface area contributed by atoms with Crippen molar-refractivity contribution in [3.05, 3.63) is 40.8 Å². The first-order valence-corrected chi connectivity index (χ1v) is 9.71. The lowest BCUT2D eigenvalue weighted by Crippen LogP contribution is -2.35. The molecule has 6 heteroatoms. The molecule has 26 heavy (non-hydrogen) atoms. The maximum Gasteiger partial charge on any atom is 0.346 e. The van der Waals surface area contributed by atoms with Gasteiger partial charge in [-0.3, -0.25) is 0 Å². The normalized spacial score (nSPS) is 17.6. The van der Waals surface area contributed by atoms with Crippen molar-refractivity contribution in [1.82, 2.24) is 9.97 Å². The second kappa shape index (κ2) is 6.68. The molecule has 1 fully saturated rings. The molecule has 0 spiro atoms. The number of aromatic nitrogens is 2. The molecule has 2 aromatic heterocycles. The standard InChI is InChI=1S/C20H21N3O2S/c1-12-7-6-10-23(11-12)18-15-13(2)16(20(24)25)26-19(15)22-17(21-18)14-8-4-3-5-9-14/h3-5,8-9,12H,6-7,10-11H2,1-2H3,(H,24,25). The number of piperidine rings is 1. The minimum Gasteiger partial charge on any atom is -0.477 e. The van der Waals surface area contributed by atoms with E-state index >= 15 is 0 Å². The van der Waals surface area contributed by atoms with Crippen molar-refractivity contribution >= 4 is 33.3 Å². The van der Waals surface area contributed by atoms with E-state index in [1.165, 1.54) is 17.8 Å². The average molecular weight is 367 g/mol. The Kier molecular flexibility index (Phi) is 4.36. The van der Waals surface area contributed by atoms with E-state index in [9.17, 15) is 9.90 Å². The van der Waals surface area contributed by atoms with E-state index in [1.807, 2.05) is 37.3 Å². The van der Waals surface area contributed by atoms with Gasteiger partial charge in [-0.2, -0.15) is 0 Å². The Bertz CT molecular complexity index is 968. The SMILES string of the molecule is Cc1c(C(=O)O)sc2nc(-c3ccccc3)nc(N3CCCC(C)C3)c12. The molecular formula is C20H21N3O2S. The maximum atomic E-state index is 11.6. The van der Waals surface area contributed by atoms with Crippen molar-refractivity contribution in [2.75, 3.05) is 18.0 Å². The van der Waals surface area contributed by atoms with E-state index in [-0.39, 0.29) is 0 Å². The summed E-state index contributed by atoms with van der Waals surface area (Å²) in [5.41, 5.74) is 1.72. The zero-order valence-corrected chi connectivity index (χ0v) is 15.7. The van der Waals surface area contributed by atoms with Gasteiger partial charge in [-0.1, -0.05) is 37.3 Å². The molecular weight excluding hydrogens is 346 g/mol. The van der Waals surface area contributed by atoms with Crippen LogP contribution < -0.4 is 4.90 Å². The van der Waals surface area contributed by atoms with E-state index in [4.69, 9.17) is 9.97 Å². The van der Waals surface area contributed by atoms with Gasteiger partial charge in [0.05, 0.1) is 5.39 Å². The third-order valence-corrected chi connectivity index (χ3v) is 6.13. The number of hydrogen-bond donors (Lipinski definition) is 1. The lowest BCUT2D eigenvalue weighted by Gasteiger charge is -2.32. The molecule has 3 aromatic rings. The van der Waals surface area contributed by atoms with Crippen molar-refractivity contribution in [1.29, 1.82) is 0 Å². The fourth-order valence-electron chi connectivity index (χ4n) is 3.65. The molecule has 1 aliphatic heterocycles. The Morgan fingerprint density at radius 2 is 2.04 bits per heavy atom. The summed E-state index contributed by atoms with van der Waals surface area (Å²) in [5.74, 6) is 1.24. The monoisotopic (exact) mass is 367 g/mol. The minimum atomic E-state index is -0.898. The molecule has 1 N–H and O–H groups in total. The molecule has 1 unspecified atom stereocenters. The molecule has 3 heterocycles. The van der Waals surface area contributed by atoms with Crippen LogP contribution in [0.15, 0.2) is 30.3 Å². The Balaban J connectivity index is 1.95. The highest BCUT2D eigenvalue weighted by atomic mass is 32.1. The van der Waals surface area contributed by atoms with Gasteiger partial charge >= 0.3 is 5.97 Å². The van der Waals surface area contributed by atoms with Gasteiger partial charge in [-0.15, -0.1) is 11.3 Å². The lowest BCUT2D eigenvalue weighted by atomic mass is 10.00. The average Bonchev–Trinajstić information content (AvgIpc) is 2.99. The first-order chi connectivity index (χ1) is 12.5. The van der Waals surface area contributed by atoms with Gasteiger partial charge in [0.2, 0.25) is 0 Å². The molecule has 1 atom stereocenters. The van der Waals surface area contributed by atoms with Gasteiger partial charge < -0.3 is 10.0 Å². The molecule has 1 saturated heterocycles. The largest absolute Gasteiger partial charge is 0.477 e. The number of fused-ring (bicyclic) bond motifs is 1. The molecule has 1 aromatic carbocycles. The quantitative estimate of drug-likeness (QED) is 0.733. The van der Waals surface area contributed by atoms with Crippen molar-refractivity contribution in [3.8, 4) is 11.4 Å². The Hall–Kier alpha value is -2.47. The summed E-state index contributed by atoms with van der Waals surface area (Å²) in [7, 11) is 0. The first kappa shape index (κ1) is 17.0. The first-order valence-electron chi connectivity index (χ1n) is 8.89. The van der Waals surface area contributed by atoms with E-state index < -0.39 is 5.97 Å². The number of thiophene rings is 1. The van der Waals surface area contributed by atoms with Crippen molar-refractivity contribution in [3.63, 3.8) is 0 Å². The van der Waals surface area contributed by atoms with Gasteiger partial charge in [0.1, 0.15) is 15.5 Å². The van der Waals surface area contributed by atoms with E-state index in [2.05, 4.69) is 11.8 Å². The summed E-state index contributed by atoms with van der Waals surface area (Å²) in [6, 6.07) is 9.87. The number of carboxylic acid groups (broad SMARTS) is 1. The molecule has 1 aliphatic rings. The number of benzene rings is 1. The predicted molar refractivity (Wildman–Crippen MR) is 105 cm³/mol. The van der Waals surface area contributed by atoms with Crippen LogP contribution in [0.1, 0.15) is 35.0 Å². The summed E-state index contributed by atoms with van der Waals surface area (Å²) in [6.07, 6.45) is 2.35. The topological polar surface area (TPSA) is 66.3 Å². The summed E-state index contributed by atoms with van der Waals surface area (Å²) in [4.78, 5) is 24.6. The second-order valence-corrected chi connectivity index (χ2v) is 7.97. The van der Waals surface area contributed by atoms with Crippen molar-refractivity contribution < 1.29 is 9.90 Å². The molecule has 0 radical (unpaired) electrons. The minimum absolute atomic E-state index is 0.353. The molecule has 4 rings (SSSR count). The van der Waals surface area contributed by atoms with Crippen LogP contribution in [0, 0.1) is 12.8 Å². The number of anilines is 1. The molecule has 5 nitrogen and oxygen atoms in total. The highest BCUT2D eigenvalue weighted by Gasteiger charge is 2.25. The highest BCUT2D eigenvalue weighted by molar-refractivity contribution is 7.20. The van der Waals surface area contributed by atoms with E-state index in [1.54, 1.807) is 0 Å². The van der Waals surface area contributed by atoms with Crippen LogP contribution in [0.4, 0.5) is 5.82 Å². The van der Waals surface area contributed by atoms with Gasteiger partial charge in [0, 0.05) is 18.7 Å². The van der Waals surface area contributed by atoms with Crippen molar-refractivity contribution in [2.24, 2.45) is 5.92 Å². The number of carbonyl (C=O) groups is 1. The summed E-state index contributed by atoms with van der Waals surface area (Å²) in [5, 5.41) is 10.4. The number of hydrogen-bond acceptors (Lipinski definition) is 5. The van der Waals surface area contributed by atoms with Gasteiger partial charge in [0.25, 0.3) is 0 Å². The van der Waals surface area contributed by atoms with Crippen LogP contribution >= 0.6 is 11.3 Å². The molecule has 0 bridgehead atoms. The van der Waals surface area contributed by atoms with Crippen molar-refractivity contribution in [2.45, 2.75) is 26.7 Å². The van der Waals surface area contributed by atoms with E-state index in [0.717, 1.165) is 46.7 Å². The smallest absolute Gasteiger partial charge is 0.346 e. The van der Waals surface area contributed by atoms with Gasteiger partial charge in [-0.05, 0) is 31.2 Å². The zero-order chi connectivity index (χ0) is 18.3. The number of aryl methyl sites for hydroxylation is 1. The van der Waals surface area contributed by atoms with Crippen LogP contribution in [0.5, 0.6) is 0 Å². The Labute approximate surface area is 156 Å². The third-order valence-electron chi connectivity index (χ3n) is 4.95. The fraction of sp³-hybridized carbons (Fsp3) is 0.350. The number of rotatable bonds is 3. The number of aromatic carboxylic acids is 1. The zero-order valence-electron chi connectivity index (χ0n) is 14.9. The molecule has 134 valence electrons. The van der Waals surface area contributed by atoms with E-state index in [0.29, 0.717) is 16.6 Å². The number of nitrogens with zero attached hydrogens (tertiary/aromatic N) is 3. The van der Waals surface area contributed by atoms with Crippen LogP contribution in [-0.2, 0) is 0 Å². The Morgan fingerprint density at radius 3 is 2.73 bits per heavy atom. The van der Waals surface area contributed by atoms with Gasteiger partial charge in [-0.25, -0.2) is 14.8 Å². The van der Waals surface area contributed by atoms with Crippen LogP contribution in [0.2, 0.25) is 0 Å². The molecule has 0 aliphatic carbocycles. The molecule has 0 saturated carbocycles. The summed E-state index contributed by atoms with van der Waals surface area (Å²) < 4.78 is 0. The number of carboxylic acids is 1. The fourth-order valence-corrected chi connectivity index (χ4v) is 4.66. The summed E-state index contributed by atoms with van der Waals surface area (Å²) >= 11 is 1.24. The van der Waals surface area contributed by atoms with Gasteiger partial charge in [0.15, 0.2) is 5.82 Å². The highest BCUT2D eigenvalue weighted by Crippen LogP contribution is 2.38. The Morgan fingerprint density at radius 1 is 1.27 bits per heavy atom. The predicted octanol–water partition coefficient (Wildman–Crippen LogP) is 4.60. The lowest BCUT2D eigenvalue weighted by molar-refractivity contribution is 0.0701. The third kappa shape index (κ3) is 2.94. The van der Waals surface area contributed by atoms with Crippen LogP contribution in [0.3, 0.4) is 0 Å². The second-order valence-electron chi connectivity index (χ2n) is 6.97. The van der Waals surface area contributed by atoms with Crippen LogP contribution in [0.25, 0.3) is 21.6 Å². The summed E-state index contributed by atoms with van der Waals surface area (Å²) in [6.45, 7) is 6.01.